The van der Waals surface area contributed by atoms with Gasteiger partial charge in [-0.05, 0) is 84.8 Å². The lowest BCUT2D eigenvalue weighted by molar-refractivity contribution is 0.602. The zero-order valence-corrected chi connectivity index (χ0v) is 19.6. The van der Waals surface area contributed by atoms with Gasteiger partial charge in [-0.2, -0.15) is 0 Å². The summed E-state index contributed by atoms with van der Waals surface area (Å²) in [5.41, 5.74) is 3.05. The Morgan fingerprint density at radius 2 is 1.19 bits per heavy atom. The smallest absolute Gasteiger partial charge is 0.262 e. The van der Waals surface area contributed by atoms with E-state index in [1.807, 2.05) is 18.0 Å². The predicted octanol–water partition coefficient (Wildman–Crippen LogP) is 6.53. The summed E-state index contributed by atoms with van der Waals surface area (Å²) in [6.07, 6.45) is 0. The third kappa shape index (κ3) is 4.35. The number of aryl methyl sites for hydroxylation is 1. The number of benzene rings is 4. The fourth-order valence-electron chi connectivity index (χ4n) is 4.40. The van der Waals surface area contributed by atoms with E-state index in [1.165, 1.54) is 36.4 Å². The second-order valence-corrected chi connectivity index (χ2v) is 8.58. The van der Waals surface area contributed by atoms with E-state index in [2.05, 4.69) is 4.98 Å². The van der Waals surface area contributed by atoms with Gasteiger partial charge in [0.15, 0.2) is 0 Å². The van der Waals surface area contributed by atoms with Crippen molar-refractivity contribution in [2.75, 3.05) is 11.9 Å². The minimum absolute atomic E-state index is 0.287. The quantitative estimate of drug-likeness (QED) is 0.284. The Labute approximate surface area is 205 Å². The van der Waals surface area contributed by atoms with E-state index in [9.17, 15) is 18.0 Å². The van der Waals surface area contributed by atoms with Gasteiger partial charge in [-0.3, -0.25) is 9.36 Å². The molecule has 1 aromatic heterocycles. The number of anilines is 2. The molecule has 0 fully saturated rings. The van der Waals surface area contributed by atoms with Gasteiger partial charge in [0.05, 0.1) is 16.9 Å². The van der Waals surface area contributed by atoms with Crippen molar-refractivity contribution in [3.05, 3.63) is 136 Å². The second kappa shape index (κ2) is 9.34. The molecule has 4 aromatic carbocycles. The van der Waals surface area contributed by atoms with Gasteiger partial charge in [-0.1, -0.05) is 24.3 Å². The van der Waals surface area contributed by atoms with Crippen LogP contribution in [0, 0.1) is 24.4 Å². The largest absolute Gasteiger partial charge is 0.345 e. The van der Waals surface area contributed by atoms with Crippen LogP contribution in [0.5, 0.6) is 0 Å². The van der Waals surface area contributed by atoms with Gasteiger partial charge in [0.1, 0.15) is 23.3 Å². The molecule has 1 heterocycles. The number of fused-ring (bicyclic) bond motifs is 1. The Morgan fingerprint density at radius 1 is 0.722 bits per heavy atom. The number of halogens is 3. The third-order valence-corrected chi connectivity index (χ3v) is 6.29. The zero-order valence-electron chi connectivity index (χ0n) is 19.6. The van der Waals surface area contributed by atoms with Crippen molar-refractivity contribution >= 4 is 22.3 Å². The minimum atomic E-state index is -0.644. The van der Waals surface area contributed by atoms with Gasteiger partial charge >= 0.3 is 0 Å². The molecule has 0 aliphatic rings. The predicted molar refractivity (Wildman–Crippen MR) is 135 cm³/mol. The number of aromatic nitrogens is 2. The first-order chi connectivity index (χ1) is 17.3. The summed E-state index contributed by atoms with van der Waals surface area (Å²) in [6.45, 7) is 1.74. The Morgan fingerprint density at radius 3 is 1.72 bits per heavy atom. The van der Waals surface area contributed by atoms with Crippen molar-refractivity contribution in [3.8, 4) is 0 Å². The van der Waals surface area contributed by atoms with Crippen LogP contribution >= 0.6 is 0 Å². The van der Waals surface area contributed by atoms with E-state index in [4.69, 9.17) is 0 Å². The van der Waals surface area contributed by atoms with Crippen molar-refractivity contribution in [2.45, 2.75) is 13.0 Å². The van der Waals surface area contributed by atoms with Crippen LogP contribution in [0.3, 0.4) is 0 Å². The lowest BCUT2D eigenvalue weighted by Gasteiger charge is -2.24. The average Bonchev–Trinajstić information content (AvgIpc) is 2.88. The molecule has 0 saturated heterocycles. The van der Waals surface area contributed by atoms with Crippen LogP contribution in [-0.4, -0.2) is 16.6 Å². The molecule has 0 saturated carbocycles. The van der Waals surface area contributed by atoms with Gasteiger partial charge in [-0.15, -0.1) is 0 Å². The highest BCUT2D eigenvalue weighted by molar-refractivity contribution is 5.83. The number of hydrogen-bond donors (Lipinski definition) is 0. The molecule has 5 aromatic rings. The van der Waals surface area contributed by atoms with Crippen LogP contribution in [0.15, 0.2) is 95.8 Å². The Hall–Kier alpha value is -4.39. The summed E-state index contributed by atoms with van der Waals surface area (Å²) in [6, 6.07) is 22.5. The maximum atomic E-state index is 13.9. The van der Waals surface area contributed by atoms with Gasteiger partial charge in [0.25, 0.3) is 5.56 Å². The minimum Gasteiger partial charge on any atom is -0.345 e. The molecule has 180 valence electrons. The fraction of sp³-hybridized carbons (Fsp3) is 0.103. The summed E-state index contributed by atoms with van der Waals surface area (Å²) in [7, 11) is 1.83. The first-order valence-electron chi connectivity index (χ1n) is 11.3. The number of hydrogen-bond acceptors (Lipinski definition) is 3. The molecule has 0 N–H and O–H groups in total. The molecular weight excluding hydrogens is 463 g/mol. The van der Waals surface area contributed by atoms with E-state index in [0.717, 1.165) is 11.4 Å². The van der Waals surface area contributed by atoms with Crippen LogP contribution < -0.4 is 10.5 Å². The van der Waals surface area contributed by atoms with Gasteiger partial charge < -0.3 is 4.90 Å². The highest BCUT2D eigenvalue weighted by atomic mass is 19.1. The molecule has 4 nitrogen and oxygen atoms in total. The Kier molecular flexibility index (Phi) is 6.06. The first-order valence-corrected chi connectivity index (χ1v) is 11.3. The van der Waals surface area contributed by atoms with Crippen LogP contribution in [0.25, 0.3) is 10.9 Å². The van der Waals surface area contributed by atoms with Gasteiger partial charge in [0.2, 0.25) is 0 Å². The molecule has 5 rings (SSSR count). The molecule has 0 amide bonds. The molecule has 0 atom stereocenters. The van der Waals surface area contributed by atoms with E-state index in [0.29, 0.717) is 27.9 Å². The average molecular weight is 486 g/mol. The van der Waals surface area contributed by atoms with Crippen molar-refractivity contribution in [2.24, 2.45) is 0 Å². The molecule has 0 spiro atoms. The SMILES string of the molecule is Cc1nc2ccc(N(C)c3ccc(F)cc3)cc2c(=O)n1C(c1ccc(F)cc1)c1ccc(F)cc1. The number of rotatable bonds is 5. The monoisotopic (exact) mass is 485 g/mol. The van der Waals surface area contributed by atoms with Crippen LogP contribution in [0.1, 0.15) is 23.0 Å². The molecule has 0 aliphatic heterocycles. The summed E-state index contributed by atoms with van der Waals surface area (Å²) in [5, 5.41) is 0.390. The lowest BCUT2D eigenvalue weighted by atomic mass is 9.97. The Balaban J connectivity index is 1.69. The van der Waals surface area contributed by atoms with Crippen LogP contribution in [-0.2, 0) is 0 Å². The maximum Gasteiger partial charge on any atom is 0.262 e. The van der Waals surface area contributed by atoms with Crippen LogP contribution in [0.2, 0.25) is 0 Å². The standard InChI is InChI=1S/C29H22F3N3O/c1-18-33-27-16-15-25(34(2)24-13-11-23(32)12-14-24)17-26(27)29(36)35(18)28(19-3-7-21(30)8-4-19)20-5-9-22(31)10-6-20/h3-17,28H,1-2H3. The molecule has 0 aliphatic carbocycles. The fourth-order valence-corrected chi connectivity index (χ4v) is 4.40. The highest BCUT2D eigenvalue weighted by Crippen LogP contribution is 2.30. The van der Waals surface area contributed by atoms with Crippen molar-refractivity contribution < 1.29 is 13.2 Å². The van der Waals surface area contributed by atoms with E-state index in [1.54, 1.807) is 60.0 Å². The lowest BCUT2D eigenvalue weighted by Crippen LogP contribution is -2.29. The molecule has 0 radical (unpaired) electrons. The molecule has 7 heteroatoms. The van der Waals surface area contributed by atoms with E-state index < -0.39 is 17.7 Å². The summed E-state index contributed by atoms with van der Waals surface area (Å²) < 4.78 is 42.3. The Bertz CT molecular complexity index is 1550. The van der Waals surface area contributed by atoms with Crippen molar-refractivity contribution in [1.29, 1.82) is 0 Å². The van der Waals surface area contributed by atoms with E-state index >= 15 is 0 Å². The topological polar surface area (TPSA) is 38.1 Å². The third-order valence-electron chi connectivity index (χ3n) is 6.29. The second-order valence-electron chi connectivity index (χ2n) is 8.58. The molecule has 36 heavy (non-hydrogen) atoms. The summed E-state index contributed by atoms with van der Waals surface area (Å²) in [5.74, 6) is -0.664. The van der Waals surface area contributed by atoms with E-state index in [-0.39, 0.29) is 11.4 Å². The van der Waals surface area contributed by atoms with Crippen LogP contribution in [0.4, 0.5) is 24.5 Å². The van der Waals surface area contributed by atoms with Gasteiger partial charge in [0, 0.05) is 18.4 Å². The summed E-state index contributed by atoms with van der Waals surface area (Å²) >= 11 is 0. The van der Waals surface area contributed by atoms with Crippen molar-refractivity contribution in [3.63, 3.8) is 0 Å². The summed E-state index contributed by atoms with van der Waals surface area (Å²) in [4.78, 5) is 20.5. The maximum absolute atomic E-state index is 13.9. The van der Waals surface area contributed by atoms with Gasteiger partial charge in [-0.25, -0.2) is 18.2 Å². The zero-order chi connectivity index (χ0) is 25.4. The number of nitrogens with zero attached hydrogens (tertiary/aromatic N) is 3. The van der Waals surface area contributed by atoms with Crippen molar-refractivity contribution in [1.82, 2.24) is 9.55 Å². The molecular formula is C29H22F3N3O. The highest BCUT2D eigenvalue weighted by Gasteiger charge is 2.22. The molecule has 0 bridgehead atoms. The normalized spacial score (nSPS) is 11.3. The first kappa shape index (κ1) is 23.4. The molecule has 0 unspecified atom stereocenters.